The Morgan fingerprint density at radius 2 is 1.74 bits per heavy atom. The Balaban J connectivity index is 1.49. The maximum absolute atomic E-state index is 13.5. The number of para-hydroxylation sites is 1. The van der Waals surface area contributed by atoms with E-state index >= 15 is 0 Å². The van der Waals surface area contributed by atoms with Crippen molar-refractivity contribution in [2.24, 2.45) is 5.92 Å². The summed E-state index contributed by atoms with van der Waals surface area (Å²) >= 11 is 0. The highest BCUT2D eigenvalue weighted by Gasteiger charge is 2.29. The van der Waals surface area contributed by atoms with Crippen molar-refractivity contribution in [3.63, 3.8) is 0 Å². The molecule has 0 bridgehead atoms. The number of urea groups is 1. The molecule has 1 aliphatic rings. The number of hydrogen-bond donors (Lipinski definition) is 2. The number of nitrogens with zero attached hydrogens (tertiary/aromatic N) is 1. The molecule has 0 radical (unpaired) electrons. The van der Waals surface area contributed by atoms with Gasteiger partial charge in [-0.25, -0.2) is 18.0 Å². The van der Waals surface area contributed by atoms with Crippen LogP contribution in [0.25, 0.3) is 0 Å². The summed E-state index contributed by atoms with van der Waals surface area (Å²) in [5.41, 5.74) is 0.293. The maximum atomic E-state index is 13.5. The van der Waals surface area contributed by atoms with E-state index in [0.717, 1.165) is 17.7 Å². The average molecular weight is 377 g/mol. The zero-order valence-corrected chi connectivity index (χ0v) is 14.3. The molecular formula is C19H18F3N3O2. The third-order valence-corrected chi connectivity index (χ3v) is 4.33. The van der Waals surface area contributed by atoms with Crippen molar-refractivity contribution >= 4 is 17.6 Å². The predicted octanol–water partition coefficient (Wildman–Crippen LogP) is 3.27. The first-order valence-corrected chi connectivity index (χ1v) is 8.43. The number of benzene rings is 2. The van der Waals surface area contributed by atoms with Gasteiger partial charge in [0.05, 0.1) is 0 Å². The highest BCUT2D eigenvalue weighted by Crippen LogP contribution is 2.20. The molecule has 0 aliphatic carbocycles. The summed E-state index contributed by atoms with van der Waals surface area (Å²) in [6.45, 7) is 0.986. The van der Waals surface area contributed by atoms with Crippen LogP contribution in [0.2, 0.25) is 0 Å². The Labute approximate surface area is 154 Å². The molecule has 5 nitrogen and oxygen atoms in total. The number of hydrogen-bond acceptors (Lipinski definition) is 2. The lowest BCUT2D eigenvalue weighted by Crippen LogP contribution is -2.34. The van der Waals surface area contributed by atoms with Crippen LogP contribution in [-0.4, -0.2) is 29.9 Å². The van der Waals surface area contributed by atoms with E-state index in [4.69, 9.17) is 0 Å². The highest BCUT2D eigenvalue weighted by molar-refractivity contribution is 5.89. The van der Waals surface area contributed by atoms with E-state index in [-0.39, 0.29) is 30.6 Å². The Hall–Kier alpha value is -3.03. The van der Waals surface area contributed by atoms with Crippen molar-refractivity contribution in [2.45, 2.75) is 13.0 Å². The summed E-state index contributed by atoms with van der Waals surface area (Å²) in [4.78, 5) is 25.6. The van der Waals surface area contributed by atoms with E-state index in [2.05, 4.69) is 10.6 Å². The molecule has 8 heteroatoms. The quantitative estimate of drug-likeness (QED) is 0.840. The molecule has 1 saturated heterocycles. The monoisotopic (exact) mass is 377 g/mol. The van der Waals surface area contributed by atoms with Crippen LogP contribution < -0.4 is 10.6 Å². The fourth-order valence-corrected chi connectivity index (χ4v) is 2.97. The summed E-state index contributed by atoms with van der Waals surface area (Å²) in [6, 6.07) is 8.44. The van der Waals surface area contributed by atoms with Crippen LogP contribution in [0.5, 0.6) is 0 Å². The molecular weight excluding hydrogens is 359 g/mol. The second-order valence-corrected chi connectivity index (χ2v) is 6.40. The van der Waals surface area contributed by atoms with Crippen LogP contribution in [0.4, 0.5) is 23.7 Å². The molecule has 3 amide bonds. The molecule has 27 heavy (non-hydrogen) atoms. The number of likely N-dealkylation sites (tertiary alicyclic amines) is 1. The van der Waals surface area contributed by atoms with Crippen molar-refractivity contribution in [2.75, 3.05) is 18.4 Å². The average Bonchev–Trinajstić information content (AvgIpc) is 2.98. The lowest BCUT2D eigenvalue weighted by Gasteiger charge is -2.17. The third-order valence-electron chi connectivity index (χ3n) is 4.33. The van der Waals surface area contributed by atoms with E-state index in [1.165, 1.54) is 18.2 Å². The molecule has 2 aromatic rings. The summed E-state index contributed by atoms with van der Waals surface area (Å²) in [5, 5.41) is 4.66. The number of anilines is 1. The van der Waals surface area contributed by atoms with Gasteiger partial charge in [0, 0.05) is 32.0 Å². The van der Waals surface area contributed by atoms with E-state index in [9.17, 15) is 22.8 Å². The van der Waals surface area contributed by atoms with Gasteiger partial charge < -0.3 is 15.5 Å². The van der Waals surface area contributed by atoms with Gasteiger partial charge in [-0.05, 0) is 29.8 Å². The molecule has 2 aromatic carbocycles. The number of carbonyl (C=O) groups excluding carboxylic acids is 2. The summed E-state index contributed by atoms with van der Waals surface area (Å²) in [7, 11) is 0. The SMILES string of the molecule is O=C(NC[C@H]1CC(=O)N(Cc2ccc(F)cc2)C1)Nc1c(F)cccc1F. The van der Waals surface area contributed by atoms with Crippen LogP contribution in [0, 0.1) is 23.4 Å². The second-order valence-electron chi connectivity index (χ2n) is 6.40. The number of rotatable bonds is 5. The Bertz CT molecular complexity index is 822. The van der Waals surface area contributed by atoms with E-state index in [1.807, 2.05) is 0 Å². The van der Waals surface area contributed by atoms with Crippen molar-refractivity contribution < 1.29 is 22.8 Å². The van der Waals surface area contributed by atoms with Crippen LogP contribution >= 0.6 is 0 Å². The number of halogens is 3. The molecule has 0 unspecified atom stereocenters. The van der Waals surface area contributed by atoms with Gasteiger partial charge in [-0.1, -0.05) is 18.2 Å². The maximum Gasteiger partial charge on any atom is 0.319 e. The first-order chi connectivity index (χ1) is 12.9. The van der Waals surface area contributed by atoms with Gasteiger partial charge in [-0.15, -0.1) is 0 Å². The van der Waals surface area contributed by atoms with Crippen LogP contribution in [0.15, 0.2) is 42.5 Å². The Kier molecular flexibility index (Phi) is 5.63. The van der Waals surface area contributed by atoms with Crippen LogP contribution in [-0.2, 0) is 11.3 Å². The largest absolute Gasteiger partial charge is 0.338 e. The highest BCUT2D eigenvalue weighted by atomic mass is 19.1. The van der Waals surface area contributed by atoms with Crippen molar-refractivity contribution in [3.05, 3.63) is 65.5 Å². The predicted molar refractivity (Wildman–Crippen MR) is 93.3 cm³/mol. The van der Waals surface area contributed by atoms with Gasteiger partial charge in [0.1, 0.15) is 23.1 Å². The molecule has 0 saturated carbocycles. The molecule has 142 valence electrons. The Morgan fingerprint density at radius 3 is 2.41 bits per heavy atom. The molecule has 1 fully saturated rings. The minimum Gasteiger partial charge on any atom is -0.338 e. The summed E-state index contributed by atoms with van der Waals surface area (Å²) in [5.74, 6) is -2.26. The molecule has 1 heterocycles. The van der Waals surface area contributed by atoms with Crippen molar-refractivity contribution in [1.29, 1.82) is 0 Å². The minimum atomic E-state index is -0.869. The standard InChI is InChI=1S/C19H18F3N3O2/c20-14-6-4-12(5-7-14)10-25-11-13(8-17(25)26)9-23-19(27)24-18-15(21)2-1-3-16(18)22/h1-7,13H,8-11H2,(H2,23,24,27)/t13-/m1/s1. The zero-order chi connectivity index (χ0) is 19.4. The van der Waals surface area contributed by atoms with Gasteiger partial charge in [0.15, 0.2) is 0 Å². The topological polar surface area (TPSA) is 61.4 Å². The fourth-order valence-electron chi connectivity index (χ4n) is 2.97. The van der Waals surface area contributed by atoms with Gasteiger partial charge in [-0.2, -0.15) is 0 Å². The molecule has 0 aromatic heterocycles. The van der Waals surface area contributed by atoms with E-state index < -0.39 is 23.4 Å². The number of nitrogens with one attached hydrogen (secondary N) is 2. The Morgan fingerprint density at radius 1 is 1.07 bits per heavy atom. The molecule has 0 spiro atoms. The normalized spacial score (nSPS) is 16.5. The second kappa shape index (κ2) is 8.11. The van der Waals surface area contributed by atoms with Crippen LogP contribution in [0.3, 0.4) is 0 Å². The lowest BCUT2D eigenvalue weighted by molar-refractivity contribution is -0.128. The fraction of sp³-hybridized carbons (Fsp3) is 0.263. The lowest BCUT2D eigenvalue weighted by atomic mass is 10.1. The molecule has 3 rings (SSSR count). The zero-order valence-electron chi connectivity index (χ0n) is 14.3. The molecule has 1 atom stereocenters. The first kappa shape index (κ1) is 18.8. The van der Waals surface area contributed by atoms with E-state index in [1.54, 1.807) is 17.0 Å². The molecule has 1 aliphatic heterocycles. The van der Waals surface area contributed by atoms with E-state index in [0.29, 0.717) is 13.1 Å². The third kappa shape index (κ3) is 4.78. The first-order valence-electron chi connectivity index (χ1n) is 8.43. The van der Waals surface area contributed by atoms with Crippen molar-refractivity contribution in [3.8, 4) is 0 Å². The number of carbonyl (C=O) groups is 2. The van der Waals surface area contributed by atoms with Gasteiger partial charge in [0.2, 0.25) is 5.91 Å². The molecule has 2 N–H and O–H groups in total. The van der Waals surface area contributed by atoms with Gasteiger partial charge in [0.25, 0.3) is 0 Å². The van der Waals surface area contributed by atoms with Crippen molar-refractivity contribution in [1.82, 2.24) is 10.2 Å². The minimum absolute atomic E-state index is 0.0633. The smallest absolute Gasteiger partial charge is 0.319 e. The van der Waals surface area contributed by atoms with Crippen LogP contribution in [0.1, 0.15) is 12.0 Å². The van der Waals surface area contributed by atoms with Gasteiger partial charge >= 0.3 is 6.03 Å². The van der Waals surface area contributed by atoms with Gasteiger partial charge in [-0.3, -0.25) is 4.79 Å². The number of amides is 3. The summed E-state index contributed by atoms with van der Waals surface area (Å²) < 4.78 is 40.0. The summed E-state index contributed by atoms with van der Waals surface area (Å²) in [6.07, 6.45) is 0.259.